The van der Waals surface area contributed by atoms with Crippen LogP contribution < -0.4 is 0 Å². The van der Waals surface area contributed by atoms with Crippen LogP contribution in [0.2, 0.25) is 0 Å². The molecule has 1 heteroatoms. The zero-order valence-corrected chi connectivity index (χ0v) is 7.17. The normalized spacial score (nSPS) is 20.2. The lowest BCUT2D eigenvalue weighted by Crippen LogP contribution is -1.92. The highest BCUT2D eigenvalue weighted by molar-refractivity contribution is 5.36. The number of aryl methyl sites for hydroxylation is 1. The van der Waals surface area contributed by atoms with E-state index in [0.29, 0.717) is 0 Å². The van der Waals surface area contributed by atoms with Gasteiger partial charge in [0, 0.05) is 0 Å². The minimum Gasteiger partial charge on any atom is -0.198 e. The average molecular weight is 157 g/mol. The SMILES string of the molecule is Cc1ccc2c(c1)CC(C#N)C2. The first-order valence-corrected chi connectivity index (χ1v) is 4.27. The Morgan fingerprint density at radius 1 is 1.33 bits per heavy atom. The minimum absolute atomic E-state index is 0.224. The van der Waals surface area contributed by atoms with Gasteiger partial charge in [-0.1, -0.05) is 23.8 Å². The molecule has 0 heterocycles. The molecule has 0 fully saturated rings. The number of hydrogen-bond donors (Lipinski definition) is 0. The molecule has 0 amide bonds. The second-order valence-electron chi connectivity index (χ2n) is 3.51. The van der Waals surface area contributed by atoms with Gasteiger partial charge in [-0.15, -0.1) is 0 Å². The van der Waals surface area contributed by atoms with Crippen LogP contribution in [0, 0.1) is 24.2 Å². The zero-order chi connectivity index (χ0) is 8.55. The van der Waals surface area contributed by atoms with Crippen molar-refractivity contribution in [3.05, 3.63) is 34.9 Å². The molecule has 0 spiro atoms. The van der Waals surface area contributed by atoms with Gasteiger partial charge in [-0.3, -0.25) is 0 Å². The van der Waals surface area contributed by atoms with Crippen LogP contribution in [0.5, 0.6) is 0 Å². The first kappa shape index (κ1) is 7.36. The van der Waals surface area contributed by atoms with Gasteiger partial charge in [0.1, 0.15) is 0 Å². The van der Waals surface area contributed by atoms with Crippen molar-refractivity contribution in [2.75, 3.05) is 0 Å². The number of benzene rings is 1. The molecule has 1 nitrogen and oxygen atoms in total. The van der Waals surface area contributed by atoms with Gasteiger partial charge in [0.2, 0.25) is 0 Å². The summed E-state index contributed by atoms with van der Waals surface area (Å²) in [7, 11) is 0. The number of rotatable bonds is 0. The monoisotopic (exact) mass is 157 g/mol. The summed E-state index contributed by atoms with van der Waals surface area (Å²) in [5.41, 5.74) is 4.04. The van der Waals surface area contributed by atoms with Crippen molar-refractivity contribution in [3.8, 4) is 6.07 Å². The average Bonchev–Trinajstić information content (AvgIpc) is 2.46. The van der Waals surface area contributed by atoms with Crippen LogP contribution in [-0.2, 0) is 12.8 Å². The topological polar surface area (TPSA) is 23.8 Å². The molecule has 1 unspecified atom stereocenters. The summed E-state index contributed by atoms with van der Waals surface area (Å²) < 4.78 is 0. The Hall–Kier alpha value is -1.29. The fraction of sp³-hybridized carbons (Fsp3) is 0.364. The quantitative estimate of drug-likeness (QED) is 0.566. The Morgan fingerprint density at radius 2 is 2.08 bits per heavy atom. The van der Waals surface area contributed by atoms with E-state index in [0.717, 1.165) is 12.8 Å². The molecule has 1 aromatic carbocycles. The van der Waals surface area contributed by atoms with E-state index in [4.69, 9.17) is 5.26 Å². The Kier molecular flexibility index (Phi) is 1.62. The number of nitriles is 1. The minimum atomic E-state index is 0.224. The van der Waals surface area contributed by atoms with E-state index in [1.807, 2.05) is 0 Å². The molecule has 0 saturated heterocycles. The van der Waals surface area contributed by atoms with Crippen LogP contribution in [0.15, 0.2) is 18.2 Å². The molecule has 2 rings (SSSR count). The van der Waals surface area contributed by atoms with Gasteiger partial charge in [0.25, 0.3) is 0 Å². The van der Waals surface area contributed by atoms with E-state index in [9.17, 15) is 0 Å². The van der Waals surface area contributed by atoms with Crippen molar-refractivity contribution < 1.29 is 0 Å². The lowest BCUT2D eigenvalue weighted by atomic mass is 10.1. The highest BCUT2D eigenvalue weighted by Crippen LogP contribution is 2.26. The number of hydrogen-bond acceptors (Lipinski definition) is 1. The fourth-order valence-electron chi connectivity index (χ4n) is 1.84. The largest absolute Gasteiger partial charge is 0.198 e. The van der Waals surface area contributed by atoms with E-state index in [1.54, 1.807) is 0 Å². The van der Waals surface area contributed by atoms with Gasteiger partial charge in [-0.05, 0) is 30.9 Å². The van der Waals surface area contributed by atoms with Crippen LogP contribution in [0.1, 0.15) is 16.7 Å². The summed E-state index contributed by atoms with van der Waals surface area (Å²) in [4.78, 5) is 0. The Balaban J connectivity index is 2.37. The fourth-order valence-corrected chi connectivity index (χ4v) is 1.84. The smallest absolute Gasteiger partial charge is 0.0662 e. The van der Waals surface area contributed by atoms with E-state index in [2.05, 4.69) is 31.2 Å². The van der Waals surface area contributed by atoms with Crippen LogP contribution in [0.4, 0.5) is 0 Å². The Labute approximate surface area is 72.6 Å². The standard InChI is InChI=1S/C11H11N/c1-8-2-3-10-5-9(7-12)6-11(10)4-8/h2-4,9H,5-6H2,1H3. The summed E-state index contributed by atoms with van der Waals surface area (Å²) in [5, 5.41) is 8.76. The van der Waals surface area contributed by atoms with Crippen molar-refractivity contribution in [1.29, 1.82) is 5.26 Å². The molecule has 0 bridgehead atoms. The predicted molar refractivity (Wildman–Crippen MR) is 47.7 cm³/mol. The van der Waals surface area contributed by atoms with Crippen LogP contribution in [0.3, 0.4) is 0 Å². The molecule has 1 aromatic rings. The summed E-state index contributed by atoms with van der Waals surface area (Å²) in [6.45, 7) is 2.10. The van der Waals surface area contributed by atoms with Crippen molar-refractivity contribution >= 4 is 0 Å². The summed E-state index contributed by atoms with van der Waals surface area (Å²) >= 11 is 0. The number of nitrogens with zero attached hydrogens (tertiary/aromatic N) is 1. The van der Waals surface area contributed by atoms with Crippen LogP contribution >= 0.6 is 0 Å². The molecule has 1 atom stereocenters. The van der Waals surface area contributed by atoms with Crippen molar-refractivity contribution in [2.24, 2.45) is 5.92 Å². The maximum atomic E-state index is 8.76. The third-order valence-corrected chi connectivity index (χ3v) is 2.48. The second-order valence-corrected chi connectivity index (χ2v) is 3.51. The predicted octanol–water partition coefficient (Wildman–Crippen LogP) is 2.23. The summed E-state index contributed by atoms with van der Waals surface area (Å²) in [6, 6.07) is 8.81. The van der Waals surface area contributed by atoms with E-state index < -0.39 is 0 Å². The molecule has 60 valence electrons. The van der Waals surface area contributed by atoms with Gasteiger partial charge in [-0.25, -0.2) is 0 Å². The molecular formula is C11H11N. The van der Waals surface area contributed by atoms with Gasteiger partial charge < -0.3 is 0 Å². The maximum absolute atomic E-state index is 8.76. The van der Waals surface area contributed by atoms with Gasteiger partial charge in [0.15, 0.2) is 0 Å². The van der Waals surface area contributed by atoms with Crippen molar-refractivity contribution in [3.63, 3.8) is 0 Å². The second kappa shape index (κ2) is 2.64. The molecular weight excluding hydrogens is 146 g/mol. The Morgan fingerprint density at radius 3 is 2.83 bits per heavy atom. The molecule has 0 aromatic heterocycles. The summed E-state index contributed by atoms with van der Waals surface area (Å²) in [5.74, 6) is 0.224. The first-order chi connectivity index (χ1) is 5.79. The van der Waals surface area contributed by atoms with Crippen LogP contribution in [-0.4, -0.2) is 0 Å². The van der Waals surface area contributed by atoms with Gasteiger partial charge >= 0.3 is 0 Å². The lowest BCUT2D eigenvalue weighted by molar-refractivity contribution is 0.720. The highest BCUT2D eigenvalue weighted by atomic mass is 14.3. The Bertz CT molecular complexity index is 347. The molecule has 12 heavy (non-hydrogen) atoms. The summed E-state index contributed by atoms with van der Waals surface area (Å²) in [6.07, 6.45) is 1.90. The van der Waals surface area contributed by atoms with Gasteiger partial charge in [-0.2, -0.15) is 5.26 Å². The highest BCUT2D eigenvalue weighted by Gasteiger charge is 2.20. The molecule has 0 aliphatic heterocycles. The molecule has 0 N–H and O–H groups in total. The van der Waals surface area contributed by atoms with E-state index in [-0.39, 0.29) is 5.92 Å². The number of fused-ring (bicyclic) bond motifs is 1. The lowest BCUT2D eigenvalue weighted by Gasteiger charge is -1.97. The van der Waals surface area contributed by atoms with Gasteiger partial charge in [0.05, 0.1) is 12.0 Å². The van der Waals surface area contributed by atoms with Crippen molar-refractivity contribution in [2.45, 2.75) is 19.8 Å². The molecule has 0 radical (unpaired) electrons. The maximum Gasteiger partial charge on any atom is 0.0662 e. The molecule has 0 saturated carbocycles. The third-order valence-electron chi connectivity index (χ3n) is 2.48. The third kappa shape index (κ3) is 1.10. The molecule has 1 aliphatic rings. The van der Waals surface area contributed by atoms with Crippen molar-refractivity contribution in [1.82, 2.24) is 0 Å². The molecule has 1 aliphatic carbocycles. The van der Waals surface area contributed by atoms with Crippen LogP contribution in [0.25, 0.3) is 0 Å². The first-order valence-electron chi connectivity index (χ1n) is 4.27. The zero-order valence-electron chi connectivity index (χ0n) is 7.17. The van der Waals surface area contributed by atoms with E-state index in [1.165, 1.54) is 16.7 Å². The van der Waals surface area contributed by atoms with E-state index >= 15 is 0 Å².